The Bertz CT molecular complexity index is 1280. The second-order valence-corrected chi connectivity index (χ2v) is 6.88. The standard InChI is InChI=1S/C23H20N4O3/c1-15-8-9-17-19(10-15)27(12-18(23(17)29)16-6-4-3-5-7-16)13-21(28)26-20-11-22(30-2)25-14-24-20/h3-12,14H,13H2,1-2H3,(H,24,25,26,28). The van der Waals surface area contributed by atoms with Crippen LogP contribution in [0, 0.1) is 6.92 Å². The lowest BCUT2D eigenvalue weighted by Gasteiger charge is -2.14. The summed E-state index contributed by atoms with van der Waals surface area (Å²) in [4.78, 5) is 33.8. The van der Waals surface area contributed by atoms with E-state index in [0.717, 1.165) is 11.1 Å². The highest BCUT2D eigenvalue weighted by molar-refractivity contribution is 5.92. The second kappa shape index (κ2) is 8.16. The Hall–Kier alpha value is -4.00. The number of amides is 1. The number of hydrogen-bond donors (Lipinski definition) is 1. The van der Waals surface area contributed by atoms with Crippen molar-refractivity contribution in [1.29, 1.82) is 0 Å². The van der Waals surface area contributed by atoms with Gasteiger partial charge in [-0.3, -0.25) is 9.59 Å². The van der Waals surface area contributed by atoms with Gasteiger partial charge < -0.3 is 14.6 Å². The number of aromatic nitrogens is 3. The molecule has 2 heterocycles. The normalized spacial score (nSPS) is 10.7. The second-order valence-electron chi connectivity index (χ2n) is 6.88. The van der Waals surface area contributed by atoms with Crippen LogP contribution in [0.2, 0.25) is 0 Å². The average molecular weight is 400 g/mol. The van der Waals surface area contributed by atoms with Crippen LogP contribution >= 0.6 is 0 Å². The molecule has 0 bridgehead atoms. The zero-order valence-corrected chi connectivity index (χ0v) is 16.6. The lowest BCUT2D eigenvalue weighted by molar-refractivity contribution is -0.116. The molecule has 7 nitrogen and oxygen atoms in total. The van der Waals surface area contributed by atoms with Crippen molar-refractivity contribution >= 4 is 22.6 Å². The minimum absolute atomic E-state index is 0.0202. The predicted octanol–water partition coefficient (Wildman–Crippen LogP) is 3.41. The quantitative estimate of drug-likeness (QED) is 0.555. The number of aryl methyl sites for hydroxylation is 1. The molecule has 0 aliphatic rings. The number of rotatable bonds is 5. The Kier molecular flexibility index (Phi) is 5.26. The highest BCUT2D eigenvalue weighted by Gasteiger charge is 2.14. The summed E-state index contributed by atoms with van der Waals surface area (Å²) in [5.41, 5.74) is 3.00. The van der Waals surface area contributed by atoms with Gasteiger partial charge in [0.05, 0.1) is 12.6 Å². The summed E-state index contributed by atoms with van der Waals surface area (Å²) in [7, 11) is 1.49. The van der Waals surface area contributed by atoms with Gasteiger partial charge in [-0.1, -0.05) is 36.4 Å². The SMILES string of the molecule is COc1cc(NC(=O)Cn2cc(-c3ccccc3)c(=O)c3ccc(C)cc32)ncn1. The summed E-state index contributed by atoms with van der Waals surface area (Å²) in [6.45, 7) is 1.97. The van der Waals surface area contributed by atoms with Gasteiger partial charge in [0.2, 0.25) is 11.8 Å². The first-order valence-corrected chi connectivity index (χ1v) is 9.40. The number of carbonyl (C=O) groups is 1. The van der Waals surface area contributed by atoms with E-state index in [1.807, 2.05) is 55.5 Å². The maximum atomic E-state index is 13.1. The van der Waals surface area contributed by atoms with Gasteiger partial charge in [-0.15, -0.1) is 0 Å². The van der Waals surface area contributed by atoms with E-state index in [2.05, 4.69) is 15.3 Å². The number of hydrogen-bond acceptors (Lipinski definition) is 5. The third kappa shape index (κ3) is 3.91. The number of nitrogens with zero attached hydrogens (tertiary/aromatic N) is 3. The summed E-state index contributed by atoms with van der Waals surface area (Å²) < 4.78 is 6.85. The monoisotopic (exact) mass is 400 g/mol. The molecule has 0 fully saturated rings. The molecule has 1 N–H and O–H groups in total. The molecule has 30 heavy (non-hydrogen) atoms. The molecule has 2 aromatic carbocycles. The Morgan fingerprint density at radius 3 is 2.67 bits per heavy atom. The minimum Gasteiger partial charge on any atom is -0.481 e. The Morgan fingerprint density at radius 2 is 1.90 bits per heavy atom. The number of carbonyl (C=O) groups excluding carboxylic acids is 1. The van der Waals surface area contributed by atoms with Crippen LogP contribution < -0.4 is 15.5 Å². The van der Waals surface area contributed by atoms with Crippen molar-refractivity contribution in [2.45, 2.75) is 13.5 Å². The molecule has 0 radical (unpaired) electrons. The summed E-state index contributed by atoms with van der Waals surface area (Å²) in [6.07, 6.45) is 3.06. The Morgan fingerprint density at radius 1 is 1.10 bits per heavy atom. The first-order valence-electron chi connectivity index (χ1n) is 9.40. The highest BCUT2D eigenvalue weighted by atomic mass is 16.5. The first kappa shape index (κ1) is 19.3. The van der Waals surface area contributed by atoms with Crippen LogP contribution in [0.3, 0.4) is 0 Å². The molecule has 0 atom stereocenters. The fraction of sp³-hybridized carbons (Fsp3) is 0.130. The van der Waals surface area contributed by atoms with Gasteiger partial charge in [0.25, 0.3) is 0 Å². The number of fused-ring (bicyclic) bond motifs is 1. The van der Waals surface area contributed by atoms with Crippen LogP contribution in [0.1, 0.15) is 5.56 Å². The van der Waals surface area contributed by atoms with Crippen molar-refractivity contribution in [1.82, 2.24) is 14.5 Å². The molecule has 1 amide bonds. The number of pyridine rings is 1. The third-order valence-corrected chi connectivity index (χ3v) is 4.75. The van der Waals surface area contributed by atoms with E-state index in [4.69, 9.17) is 4.74 Å². The molecule has 150 valence electrons. The maximum absolute atomic E-state index is 13.1. The minimum atomic E-state index is -0.277. The van der Waals surface area contributed by atoms with Crippen molar-refractivity contribution in [2.75, 3.05) is 12.4 Å². The largest absolute Gasteiger partial charge is 0.481 e. The molecule has 4 aromatic rings. The zero-order chi connectivity index (χ0) is 21.1. The number of anilines is 1. The van der Waals surface area contributed by atoms with Crippen molar-refractivity contribution in [3.05, 3.63) is 82.9 Å². The summed E-state index contributed by atoms with van der Waals surface area (Å²) in [6, 6.07) is 16.6. The van der Waals surface area contributed by atoms with E-state index in [-0.39, 0.29) is 17.9 Å². The lowest BCUT2D eigenvalue weighted by Crippen LogP contribution is -2.22. The van der Waals surface area contributed by atoms with Gasteiger partial charge in [0.1, 0.15) is 18.7 Å². The molecule has 0 spiro atoms. The molecule has 0 unspecified atom stereocenters. The van der Waals surface area contributed by atoms with Crippen molar-refractivity contribution in [3.63, 3.8) is 0 Å². The maximum Gasteiger partial charge on any atom is 0.245 e. The van der Waals surface area contributed by atoms with E-state index < -0.39 is 0 Å². The number of nitrogens with one attached hydrogen (secondary N) is 1. The zero-order valence-electron chi connectivity index (χ0n) is 16.6. The first-order chi connectivity index (χ1) is 14.5. The van der Waals surface area contributed by atoms with E-state index in [0.29, 0.717) is 28.2 Å². The van der Waals surface area contributed by atoms with E-state index >= 15 is 0 Å². The van der Waals surface area contributed by atoms with Crippen LogP contribution in [0.15, 0.2) is 71.9 Å². The summed E-state index contributed by atoms with van der Waals surface area (Å²) in [5.74, 6) is 0.425. The molecule has 0 aliphatic heterocycles. The van der Waals surface area contributed by atoms with Crippen molar-refractivity contribution in [3.8, 4) is 17.0 Å². The average Bonchev–Trinajstić information content (AvgIpc) is 2.76. The summed E-state index contributed by atoms with van der Waals surface area (Å²) >= 11 is 0. The van der Waals surface area contributed by atoms with Gasteiger partial charge in [-0.05, 0) is 30.2 Å². The van der Waals surface area contributed by atoms with Gasteiger partial charge in [-0.25, -0.2) is 9.97 Å². The molecule has 2 aromatic heterocycles. The van der Waals surface area contributed by atoms with E-state index in [1.54, 1.807) is 16.8 Å². The molecular weight excluding hydrogens is 380 g/mol. The molecule has 0 saturated carbocycles. The third-order valence-electron chi connectivity index (χ3n) is 4.75. The van der Waals surface area contributed by atoms with Gasteiger partial charge in [0, 0.05) is 23.2 Å². The fourth-order valence-corrected chi connectivity index (χ4v) is 3.31. The van der Waals surface area contributed by atoms with Gasteiger partial charge in [0.15, 0.2) is 5.43 Å². The van der Waals surface area contributed by atoms with Gasteiger partial charge >= 0.3 is 0 Å². The Balaban J connectivity index is 1.75. The molecular formula is C23H20N4O3. The van der Waals surface area contributed by atoms with E-state index in [1.165, 1.54) is 13.4 Å². The molecule has 0 aliphatic carbocycles. The van der Waals surface area contributed by atoms with Crippen LogP contribution in [-0.2, 0) is 11.3 Å². The van der Waals surface area contributed by atoms with Crippen molar-refractivity contribution < 1.29 is 9.53 Å². The predicted molar refractivity (Wildman–Crippen MR) is 116 cm³/mol. The number of benzene rings is 2. The summed E-state index contributed by atoms with van der Waals surface area (Å²) in [5, 5.41) is 3.32. The van der Waals surface area contributed by atoms with Crippen LogP contribution in [0.4, 0.5) is 5.82 Å². The van der Waals surface area contributed by atoms with Crippen LogP contribution in [0.5, 0.6) is 5.88 Å². The van der Waals surface area contributed by atoms with Gasteiger partial charge in [-0.2, -0.15) is 0 Å². The van der Waals surface area contributed by atoms with Crippen molar-refractivity contribution in [2.24, 2.45) is 0 Å². The smallest absolute Gasteiger partial charge is 0.245 e. The number of methoxy groups -OCH3 is 1. The molecule has 0 saturated heterocycles. The Labute approximate surface area is 173 Å². The van der Waals surface area contributed by atoms with Crippen LogP contribution in [-0.4, -0.2) is 27.6 Å². The molecule has 7 heteroatoms. The van der Waals surface area contributed by atoms with Crippen LogP contribution in [0.25, 0.3) is 22.0 Å². The highest BCUT2D eigenvalue weighted by Crippen LogP contribution is 2.21. The number of ether oxygens (including phenoxy) is 1. The molecule has 4 rings (SSSR count). The fourth-order valence-electron chi connectivity index (χ4n) is 3.31. The van der Waals surface area contributed by atoms with E-state index in [9.17, 15) is 9.59 Å². The topological polar surface area (TPSA) is 86.1 Å². The lowest BCUT2D eigenvalue weighted by atomic mass is 10.0.